The predicted octanol–water partition coefficient (Wildman–Crippen LogP) is 3.84. The molecule has 8 nitrogen and oxygen atoms in total. The third-order valence-corrected chi connectivity index (χ3v) is 5.45. The fourth-order valence-corrected chi connectivity index (χ4v) is 3.89. The molecule has 5 aromatic rings. The second-order valence-electron chi connectivity index (χ2n) is 7.55. The van der Waals surface area contributed by atoms with Gasteiger partial charge in [0.2, 0.25) is 0 Å². The maximum absolute atomic E-state index is 13.7. The minimum absolute atomic E-state index is 0.0892. The second kappa shape index (κ2) is 7.32. The van der Waals surface area contributed by atoms with Crippen molar-refractivity contribution in [2.45, 2.75) is 26.8 Å². The van der Waals surface area contributed by atoms with Gasteiger partial charge in [-0.15, -0.1) is 0 Å². The lowest BCUT2D eigenvalue weighted by Crippen LogP contribution is -2.28. The van der Waals surface area contributed by atoms with Crippen LogP contribution in [0.4, 0.5) is 5.82 Å². The molecule has 0 bridgehead atoms. The van der Waals surface area contributed by atoms with E-state index in [1.807, 2.05) is 63.2 Å². The molecule has 0 aliphatic rings. The Morgan fingerprint density at radius 2 is 1.81 bits per heavy atom. The summed E-state index contributed by atoms with van der Waals surface area (Å²) >= 11 is 0. The van der Waals surface area contributed by atoms with Crippen molar-refractivity contribution in [2.24, 2.45) is 0 Å². The Hall–Kier alpha value is -4.07. The number of anilines is 1. The Labute approximate surface area is 178 Å². The molecular formula is C23H21N7O. The number of imidazole rings is 1. The molecule has 2 N–H and O–H groups in total. The highest BCUT2D eigenvalue weighted by Crippen LogP contribution is 2.25. The van der Waals surface area contributed by atoms with Crippen LogP contribution in [0, 0.1) is 13.8 Å². The molecule has 1 atom stereocenters. The van der Waals surface area contributed by atoms with E-state index in [9.17, 15) is 4.79 Å². The van der Waals surface area contributed by atoms with Gasteiger partial charge in [0, 0.05) is 0 Å². The number of para-hydroxylation sites is 1. The van der Waals surface area contributed by atoms with Gasteiger partial charge in [0.25, 0.3) is 5.56 Å². The van der Waals surface area contributed by atoms with Crippen LogP contribution in [0.15, 0.2) is 59.9 Å². The van der Waals surface area contributed by atoms with Gasteiger partial charge in [-0.25, -0.2) is 19.9 Å². The monoisotopic (exact) mass is 411 g/mol. The number of fused-ring (bicyclic) bond motifs is 2. The van der Waals surface area contributed by atoms with Gasteiger partial charge >= 0.3 is 0 Å². The van der Waals surface area contributed by atoms with E-state index >= 15 is 0 Å². The quantitative estimate of drug-likeness (QED) is 0.466. The van der Waals surface area contributed by atoms with Gasteiger partial charge in [-0.05, 0) is 44.0 Å². The molecule has 0 saturated carbocycles. The lowest BCUT2D eigenvalue weighted by molar-refractivity contribution is 0.729. The minimum Gasteiger partial charge on any atom is -0.358 e. The highest BCUT2D eigenvalue weighted by Gasteiger charge is 2.21. The molecule has 3 aromatic heterocycles. The van der Waals surface area contributed by atoms with Gasteiger partial charge in [0.15, 0.2) is 11.5 Å². The number of nitrogens with one attached hydrogen (secondary N) is 2. The van der Waals surface area contributed by atoms with Gasteiger partial charge in [-0.2, -0.15) is 0 Å². The van der Waals surface area contributed by atoms with Crippen LogP contribution in [0.5, 0.6) is 0 Å². The summed E-state index contributed by atoms with van der Waals surface area (Å²) in [6, 6.07) is 13.2. The molecule has 0 radical (unpaired) electrons. The minimum atomic E-state index is -0.327. The first-order chi connectivity index (χ1) is 15.0. The van der Waals surface area contributed by atoms with Crippen molar-refractivity contribution in [1.82, 2.24) is 29.5 Å². The summed E-state index contributed by atoms with van der Waals surface area (Å²) in [6.45, 7) is 5.88. The maximum atomic E-state index is 13.7. The Bertz CT molecular complexity index is 1480. The molecule has 0 spiro atoms. The second-order valence-corrected chi connectivity index (χ2v) is 7.55. The van der Waals surface area contributed by atoms with Crippen LogP contribution < -0.4 is 10.9 Å². The maximum Gasteiger partial charge on any atom is 0.266 e. The molecule has 8 heteroatoms. The van der Waals surface area contributed by atoms with Gasteiger partial charge in [0.1, 0.15) is 17.7 Å². The average Bonchev–Trinajstić information content (AvgIpc) is 3.24. The van der Waals surface area contributed by atoms with Crippen molar-refractivity contribution in [1.29, 1.82) is 0 Å². The molecule has 0 fully saturated rings. The Balaban J connectivity index is 1.74. The van der Waals surface area contributed by atoms with Crippen LogP contribution >= 0.6 is 0 Å². The molecule has 0 amide bonds. The van der Waals surface area contributed by atoms with E-state index in [1.54, 1.807) is 10.9 Å². The smallest absolute Gasteiger partial charge is 0.266 e. The molecule has 0 aliphatic carbocycles. The van der Waals surface area contributed by atoms with Crippen LogP contribution in [0.1, 0.15) is 29.9 Å². The fraction of sp³-hybridized carbons (Fsp3) is 0.174. The number of H-pyrrole nitrogens is 1. The number of aryl methyl sites for hydroxylation is 2. The third-order valence-electron chi connectivity index (χ3n) is 5.45. The summed E-state index contributed by atoms with van der Waals surface area (Å²) in [5.41, 5.74) is 4.56. The van der Waals surface area contributed by atoms with Gasteiger partial charge in [-0.3, -0.25) is 9.36 Å². The molecule has 2 aromatic carbocycles. The normalized spacial score (nSPS) is 12.4. The summed E-state index contributed by atoms with van der Waals surface area (Å²) < 4.78 is 1.70. The third kappa shape index (κ3) is 3.13. The summed E-state index contributed by atoms with van der Waals surface area (Å²) in [6.07, 6.45) is 3.05. The zero-order chi connectivity index (χ0) is 21.5. The van der Waals surface area contributed by atoms with Gasteiger partial charge < -0.3 is 10.3 Å². The summed E-state index contributed by atoms with van der Waals surface area (Å²) in [5.74, 6) is 1.17. The first kappa shape index (κ1) is 18.9. The molecule has 0 saturated heterocycles. The first-order valence-electron chi connectivity index (χ1n) is 10.0. The van der Waals surface area contributed by atoms with E-state index in [-0.39, 0.29) is 11.6 Å². The summed E-state index contributed by atoms with van der Waals surface area (Å²) in [5, 5.41) is 3.99. The molecular weight excluding hydrogens is 390 g/mol. The predicted molar refractivity (Wildman–Crippen MR) is 121 cm³/mol. The van der Waals surface area contributed by atoms with Crippen molar-refractivity contribution >= 4 is 27.9 Å². The van der Waals surface area contributed by atoms with Crippen molar-refractivity contribution in [3.05, 3.63) is 82.4 Å². The number of aromatic nitrogens is 6. The Morgan fingerprint density at radius 1 is 1.00 bits per heavy atom. The number of aromatic amines is 1. The topological polar surface area (TPSA) is 101 Å². The number of benzene rings is 2. The highest BCUT2D eigenvalue weighted by atomic mass is 16.1. The molecule has 31 heavy (non-hydrogen) atoms. The van der Waals surface area contributed by atoms with E-state index in [0.29, 0.717) is 33.7 Å². The van der Waals surface area contributed by atoms with Gasteiger partial charge in [-0.1, -0.05) is 30.3 Å². The molecule has 5 rings (SSSR count). The lowest BCUT2D eigenvalue weighted by Gasteiger charge is -2.21. The molecule has 3 heterocycles. The Morgan fingerprint density at radius 3 is 2.65 bits per heavy atom. The fourth-order valence-electron chi connectivity index (χ4n) is 3.89. The van der Waals surface area contributed by atoms with E-state index in [2.05, 4.69) is 25.3 Å². The van der Waals surface area contributed by atoms with Crippen LogP contribution in [-0.2, 0) is 0 Å². The first-order valence-corrected chi connectivity index (χ1v) is 10.0. The largest absolute Gasteiger partial charge is 0.358 e. The lowest BCUT2D eigenvalue weighted by atomic mass is 10.1. The van der Waals surface area contributed by atoms with Gasteiger partial charge in [0.05, 0.1) is 29.0 Å². The van der Waals surface area contributed by atoms with E-state index in [1.165, 1.54) is 6.33 Å². The zero-order valence-corrected chi connectivity index (χ0v) is 17.4. The van der Waals surface area contributed by atoms with Crippen molar-refractivity contribution in [3.8, 4) is 5.69 Å². The van der Waals surface area contributed by atoms with Crippen LogP contribution in [-0.4, -0.2) is 29.5 Å². The van der Waals surface area contributed by atoms with Crippen molar-refractivity contribution in [3.63, 3.8) is 0 Å². The van der Waals surface area contributed by atoms with Crippen LogP contribution in [0.3, 0.4) is 0 Å². The van der Waals surface area contributed by atoms with E-state index in [4.69, 9.17) is 4.98 Å². The molecule has 154 valence electrons. The standard InChI is InChI=1S/C23H21N7O/c1-13-7-4-5-10-17(13)30-22(29-16-9-6-8-14(2)18(16)23(30)31)15(3)28-21-19-20(25-11-24-19)26-12-27-21/h4-12,15H,1-3H3,(H2,24,25,26,27,28). The highest BCUT2D eigenvalue weighted by molar-refractivity contribution is 5.83. The average molecular weight is 411 g/mol. The molecule has 0 aliphatic heterocycles. The van der Waals surface area contributed by atoms with Crippen LogP contribution in [0.2, 0.25) is 0 Å². The zero-order valence-electron chi connectivity index (χ0n) is 17.4. The van der Waals surface area contributed by atoms with Crippen molar-refractivity contribution < 1.29 is 0 Å². The summed E-state index contributed by atoms with van der Waals surface area (Å²) in [4.78, 5) is 34.4. The number of hydrogen-bond donors (Lipinski definition) is 2. The SMILES string of the molecule is Cc1ccccc1-n1c(C(C)Nc2ncnc3[nH]cnc23)nc2cccc(C)c2c1=O. The van der Waals surface area contributed by atoms with E-state index < -0.39 is 0 Å². The summed E-state index contributed by atoms with van der Waals surface area (Å²) in [7, 11) is 0. The van der Waals surface area contributed by atoms with E-state index in [0.717, 1.165) is 16.8 Å². The van der Waals surface area contributed by atoms with Crippen molar-refractivity contribution in [2.75, 3.05) is 5.32 Å². The molecule has 1 unspecified atom stereocenters. The van der Waals surface area contributed by atoms with Crippen LogP contribution in [0.25, 0.3) is 27.8 Å². The Kier molecular flexibility index (Phi) is 4.47. The number of nitrogens with zero attached hydrogens (tertiary/aromatic N) is 5. The number of hydrogen-bond acceptors (Lipinski definition) is 6. The number of rotatable bonds is 4.